The molecule has 0 aromatic heterocycles. The Bertz CT molecular complexity index is 582. The average Bonchev–Trinajstić information content (AvgIpc) is 3.30. The van der Waals surface area contributed by atoms with E-state index in [1.54, 1.807) is 0 Å². The van der Waals surface area contributed by atoms with Gasteiger partial charge >= 0.3 is 12.6 Å². The summed E-state index contributed by atoms with van der Waals surface area (Å²) in [6.45, 7) is -1.38. The minimum atomic E-state index is -2.88. The van der Waals surface area contributed by atoms with Crippen LogP contribution in [0.3, 0.4) is 0 Å². The van der Waals surface area contributed by atoms with E-state index in [0.717, 1.165) is 12.8 Å². The van der Waals surface area contributed by atoms with Crippen molar-refractivity contribution in [3.05, 3.63) is 35.9 Å². The van der Waals surface area contributed by atoms with E-state index >= 15 is 0 Å². The quantitative estimate of drug-likeness (QED) is 0.618. The fourth-order valence-electron chi connectivity index (χ4n) is 1.74. The Morgan fingerprint density at radius 1 is 1.26 bits per heavy atom. The maximum absolute atomic E-state index is 12.0. The van der Waals surface area contributed by atoms with Crippen molar-refractivity contribution in [2.24, 2.45) is 0 Å². The monoisotopic (exact) mass is 325 g/mol. The van der Waals surface area contributed by atoms with Crippen LogP contribution < -0.4 is 10.1 Å². The topological polar surface area (TPSA) is 64.6 Å². The van der Waals surface area contributed by atoms with Crippen molar-refractivity contribution >= 4 is 18.0 Å². The van der Waals surface area contributed by atoms with Gasteiger partial charge in [-0.15, -0.1) is 0 Å². The molecule has 0 spiro atoms. The lowest BCUT2D eigenvalue weighted by atomic mass is 10.2. The van der Waals surface area contributed by atoms with E-state index in [2.05, 4.69) is 10.1 Å². The van der Waals surface area contributed by atoms with Crippen LogP contribution in [0.25, 0.3) is 6.08 Å². The Hall–Kier alpha value is -2.44. The fraction of sp³-hybridized carbons (Fsp3) is 0.375. The summed E-state index contributed by atoms with van der Waals surface area (Å²) < 4.78 is 33.2. The van der Waals surface area contributed by atoms with Gasteiger partial charge in [-0.2, -0.15) is 8.78 Å². The Kier molecular flexibility index (Phi) is 5.67. The summed E-state index contributed by atoms with van der Waals surface area (Å²) in [6.07, 6.45) is 3.67. The number of carbonyl (C=O) groups excluding carboxylic acids is 2. The van der Waals surface area contributed by atoms with Crippen LogP contribution in [0.4, 0.5) is 8.78 Å². The summed E-state index contributed by atoms with van der Waals surface area (Å²) in [5.74, 6) is -0.941. The summed E-state index contributed by atoms with van der Waals surface area (Å²) in [5.41, 5.74) is 0.610. The van der Waals surface area contributed by atoms with Crippen LogP contribution in [0.5, 0.6) is 5.75 Å². The number of hydrogen-bond donors (Lipinski definition) is 1. The molecule has 0 aliphatic heterocycles. The molecule has 0 unspecified atom stereocenters. The van der Waals surface area contributed by atoms with E-state index in [4.69, 9.17) is 4.74 Å². The Balaban J connectivity index is 1.81. The zero-order valence-electron chi connectivity index (χ0n) is 12.5. The minimum absolute atomic E-state index is 0.0325. The maximum atomic E-state index is 12.0. The van der Waals surface area contributed by atoms with Crippen molar-refractivity contribution < 1.29 is 27.8 Å². The summed E-state index contributed by atoms with van der Waals surface area (Å²) in [5, 5.41) is 2.74. The van der Waals surface area contributed by atoms with Gasteiger partial charge in [0.15, 0.2) is 6.10 Å². The lowest BCUT2D eigenvalue weighted by molar-refractivity contribution is -0.150. The number of benzene rings is 1. The van der Waals surface area contributed by atoms with Crippen molar-refractivity contribution in [2.45, 2.75) is 38.5 Å². The van der Waals surface area contributed by atoms with Crippen molar-refractivity contribution in [1.29, 1.82) is 0 Å². The smallest absolute Gasteiger partial charge is 0.387 e. The van der Waals surface area contributed by atoms with Gasteiger partial charge in [0.1, 0.15) is 5.75 Å². The molecule has 1 aliphatic rings. The second-order valence-corrected chi connectivity index (χ2v) is 5.14. The van der Waals surface area contributed by atoms with Gasteiger partial charge in [0.05, 0.1) is 0 Å². The number of hydrogen-bond acceptors (Lipinski definition) is 4. The molecule has 0 saturated heterocycles. The maximum Gasteiger partial charge on any atom is 0.387 e. The van der Waals surface area contributed by atoms with E-state index in [9.17, 15) is 18.4 Å². The molecule has 1 saturated carbocycles. The molecule has 124 valence electrons. The molecule has 5 nitrogen and oxygen atoms in total. The third-order valence-electron chi connectivity index (χ3n) is 3.10. The summed E-state index contributed by atoms with van der Waals surface area (Å²) >= 11 is 0. The summed E-state index contributed by atoms with van der Waals surface area (Å²) in [4.78, 5) is 23.3. The van der Waals surface area contributed by atoms with Crippen LogP contribution in [0.1, 0.15) is 25.3 Å². The van der Waals surface area contributed by atoms with Crippen LogP contribution in [-0.2, 0) is 14.3 Å². The number of nitrogens with one attached hydrogen (secondary N) is 1. The number of carbonyl (C=O) groups is 2. The first kappa shape index (κ1) is 16.9. The lowest BCUT2D eigenvalue weighted by Gasteiger charge is -2.11. The number of esters is 1. The highest BCUT2D eigenvalue weighted by Gasteiger charge is 2.26. The molecule has 1 aliphatic carbocycles. The SMILES string of the molecule is C[C@H](OC(=O)/C=C/c1ccc(OC(F)F)cc1)C(=O)NC1CC1. The van der Waals surface area contributed by atoms with E-state index in [1.807, 2.05) is 0 Å². The zero-order valence-corrected chi connectivity index (χ0v) is 12.5. The molecule has 7 heteroatoms. The van der Waals surface area contributed by atoms with E-state index in [0.29, 0.717) is 5.56 Å². The van der Waals surface area contributed by atoms with Crippen LogP contribution in [0.15, 0.2) is 30.3 Å². The highest BCUT2D eigenvalue weighted by Crippen LogP contribution is 2.19. The largest absolute Gasteiger partial charge is 0.449 e. The highest BCUT2D eigenvalue weighted by atomic mass is 19.3. The second kappa shape index (κ2) is 7.71. The molecule has 23 heavy (non-hydrogen) atoms. The van der Waals surface area contributed by atoms with Gasteiger partial charge in [-0.25, -0.2) is 4.79 Å². The first-order chi connectivity index (χ1) is 10.9. The predicted molar refractivity (Wildman–Crippen MR) is 78.8 cm³/mol. The normalized spacial score (nSPS) is 15.5. The van der Waals surface area contributed by atoms with E-state index in [1.165, 1.54) is 43.3 Å². The van der Waals surface area contributed by atoms with Gasteiger partial charge in [-0.05, 0) is 43.5 Å². The molecule has 0 heterocycles. The van der Waals surface area contributed by atoms with Gasteiger partial charge in [0.25, 0.3) is 5.91 Å². The molecule has 1 amide bonds. The molecule has 0 radical (unpaired) electrons. The van der Waals surface area contributed by atoms with Gasteiger partial charge in [-0.3, -0.25) is 4.79 Å². The number of ether oxygens (including phenoxy) is 2. The van der Waals surface area contributed by atoms with Gasteiger partial charge in [0, 0.05) is 12.1 Å². The van der Waals surface area contributed by atoms with E-state index in [-0.39, 0.29) is 17.7 Å². The number of amides is 1. The lowest BCUT2D eigenvalue weighted by Crippen LogP contribution is -2.36. The predicted octanol–water partition coefficient (Wildman–Crippen LogP) is 2.51. The fourth-order valence-corrected chi connectivity index (χ4v) is 1.74. The molecule has 1 atom stereocenters. The zero-order chi connectivity index (χ0) is 16.8. The van der Waals surface area contributed by atoms with Gasteiger partial charge in [-0.1, -0.05) is 12.1 Å². The van der Waals surface area contributed by atoms with Crippen LogP contribution in [-0.4, -0.2) is 30.6 Å². The van der Waals surface area contributed by atoms with E-state index < -0.39 is 18.7 Å². The molecular formula is C16H17F2NO4. The Morgan fingerprint density at radius 2 is 1.91 bits per heavy atom. The third kappa shape index (κ3) is 6.06. The molecule has 1 aromatic rings. The average molecular weight is 325 g/mol. The molecule has 1 N–H and O–H groups in total. The second-order valence-electron chi connectivity index (χ2n) is 5.14. The van der Waals surface area contributed by atoms with Crippen molar-refractivity contribution in [3.63, 3.8) is 0 Å². The summed E-state index contributed by atoms with van der Waals surface area (Å²) in [6, 6.07) is 5.97. The van der Waals surface area contributed by atoms with Crippen LogP contribution >= 0.6 is 0 Å². The van der Waals surface area contributed by atoms with Crippen molar-refractivity contribution in [3.8, 4) is 5.75 Å². The number of alkyl halides is 2. The number of halogens is 2. The molecule has 1 fully saturated rings. The van der Waals surface area contributed by atoms with Crippen LogP contribution in [0.2, 0.25) is 0 Å². The van der Waals surface area contributed by atoms with Crippen molar-refractivity contribution in [2.75, 3.05) is 0 Å². The molecule has 0 bridgehead atoms. The number of rotatable bonds is 7. The Labute approximate surface area is 132 Å². The molecular weight excluding hydrogens is 308 g/mol. The third-order valence-corrected chi connectivity index (χ3v) is 3.10. The minimum Gasteiger partial charge on any atom is -0.449 e. The van der Waals surface area contributed by atoms with Crippen molar-refractivity contribution in [1.82, 2.24) is 5.32 Å². The first-order valence-electron chi connectivity index (χ1n) is 7.18. The van der Waals surface area contributed by atoms with Gasteiger partial charge in [0.2, 0.25) is 0 Å². The Morgan fingerprint density at radius 3 is 2.48 bits per heavy atom. The molecule has 1 aromatic carbocycles. The van der Waals surface area contributed by atoms with Gasteiger partial charge < -0.3 is 14.8 Å². The van der Waals surface area contributed by atoms with Crippen LogP contribution in [0, 0.1) is 0 Å². The first-order valence-corrected chi connectivity index (χ1v) is 7.18. The highest BCUT2D eigenvalue weighted by molar-refractivity contribution is 5.90. The standard InChI is InChI=1S/C16H17F2NO4/c1-10(15(21)19-12-5-6-12)22-14(20)9-4-11-2-7-13(8-3-11)23-16(17)18/h2-4,7-10,12,16H,5-6H2,1H3,(H,19,21)/b9-4+/t10-/m0/s1. The summed E-state index contributed by atoms with van der Waals surface area (Å²) in [7, 11) is 0. The molecule has 2 rings (SSSR count).